The van der Waals surface area contributed by atoms with Crippen molar-refractivity contribution in [1.82, 2.24) is 14.8 Å². The van der Waals surface area contributed by atoms with Crippen LogP contribution in [-0.4, -0.2) is 26.4 Å². The maximum absolute atomic E-state index is 12.4. The molecule has 1 aromatic heterocycles. The molecule has 0 aliphatic carbocycles. The van der Waals surface area contributed by atoms with E-state index in [-0.39, 0.29) is 18.3 Å². The van der Waals surface area contributed by atoms with Gasteiger partial charge in [0.05, 0.1) is 5.75 Å². The summed E-state index contributed by atoms with van der Waals surface area (Å²) in [6.45, 7) is 2.39. The predicted molar refractivity (Wildman–Crippen MR) is 127 cm³/mol. The highest BCUT2D eigenvalue weighted by atomic mass is 32.2. The number of ether oxygens (including phenoxy) is 1. The monoisotopic (exact) mass is 444 g/mol. The maximum Gasteiger partial charge on any atom is 0.234 e. The highest BCUT2D eigenvalue weighted by Crippen LogP contribution is 2.24. The fourth-order valence-corrected chi connectivity index (χ4v) is 3.91. The molecule has 3 aromatic carbocycles. The molecule has 0 bridgehead atoms. The molecule has 0 aliphatic rings. The number of amides is 1. The number of carbonyl (C=O) groups is 1. The first kappa shape index (κ1) is 21.6. The molecule has 0 radical (unpaired) electrons. The van der Waals surface area contributed by atoms with Gasteiger partial charge in [-0.15, -0.1) is 10.2 Å². The van der Waals surface area contributed by atoms with E-state index in [1.54, 1.807) is 0 Å². The van der Waals surface area contributed by atoms with Crippen molar-refractivity contribution in [2.75, 3.05) is 11.1 Å². The fraction of sp³-hybridized carbons (Fsp3) is 0.160. The van der Waals surface area contributed by atoms with E-state index in [1.807, 2.05) is 77.4 Å². The molecule has 32 heavy (non-hydrogen) atoms. The third-order valence-corrected chi connectivity index (χ3v) is 5.73. The van der Waals surface area contributed by atoms with Gasteiger partial charge in [0, 0.05) is 11.4 Å². The first-order valence-corrected chi connectivity index (χ1v) is 11.4. The first-order valence-electron chi connectivity index (χ1n) is 10.4. The van der Waals surface area contributed by atoms with Gasteiger partial charge in [0.2, 0.25) is 5.91 Å². The zero-order valence-electron chi connectivity index (χ0n) is 17.8. The van der Waals surface area contributed by atoms with Crippen molar-refractivity contribution in [2.45, 2.75) is 25.1 Å². The summed E-state index contributed by atoms with van der Waals surface area (Å²) in [5.41, 5.74) is 2.96. The maximum atomic E-state index is 12.4. The van der Waals surface area contributed by atoms with Crippen molar-refractivity contribution in [1.29, 1.82) is 0 Å². The molecule has 6 nitrogen and oxygen atoms in total. The van der Waals surface area contributed by atoms with Crippen LogP contribution in [0.2, 0.25) is 0 Å². The Kier molecular flexibility index (Phi) is 7.19. The first-order chi connectivity index (χ1) is 15.7. The van der Waals surface area contributed by atoms with Gasteiger partial charge in [-0.2, -0.15) is 0 Å². The average Bonchev–Trinajstić information content (AvgIpc) is 3.25. The van der Waals surface area contributed by atoms with Crippen LogP contribution in [-0.2, 0) is 17.8 Å². The van der Waals surface area contributed by atoms with E-state index in [0.717, 1.165) is 23.5 Å². The van der Waals surface area contributed by atoms with E-state index in [1.165, 1.54) is 17.3 Å². The number of aryl methyl sites for hydroxylation is 1. The normalized spacial score (nSPS) is 10.7. The minimum atomic E-state index is -0.0980. The summed E-state index contributed by atoms with van der Waals surface area (Å²) >= 11 is 1.34. The number of hydrogen-bond acceptors (Lipinski definition) is 5. The molecule has 7 heteroatoms. The number of carbonyl (C=O) groups excluding carboxylic acids is 1. The molecule has 0 fully saturated rings. The number of anilines is 1. The Morgan fingerprint density at radius 2 is 1.62 bits per heavy atom. The molecular weight excluding hydrogens is 420 g/mol. The Morgan fingerprint density at radius 3 is 2.31 bits per heavy atom. The molecule has 0 aliphatic heterocycles. The van der Waals surface area contributed by atoms with Crippen molar-refractivity contribution >= 4 is 23.4 Å². The molecule has 0 saturated heterocycles. The summed E-state index contributed by atoms with van der Waals surface area (Å²) in [5.74, 6) is 1.56. The molecule has 0 atom stereocenters. The third kappa shape index (κ3) is 5.56. The summed E-state index contributed by atoms with van der Waals surface area (Å²) in [7, 11) is 0. The van der Waals surface area contributed by atoms with Crippen LogP contribution in [0.5, 0.6) is 5.75 Å². The molecule has 0 saturated carbocycles. The van der Waals surface area contributed by atoms with E-state index in [0.29, 0.717) is 11.0 Å². The van der Waals surface area contributed by atoms with Gasteiger partial charge < -0.3 is 10.1 Å². The van der Waals surface area contributed by atoms with E-state index in [2.05, 4.69) is 34.6 Å². The van der Waals surface area contributed by atoms with Crippen LogP contribution in [0.3, 0.4) is 0 Å². The molecule has 0 spiro atoms. The molecule has 1 N–H and O–H groups in total. The molecule has 0 unspecified atom stereocenters. The fourth-order valence-electron chi connectivity index (χ4n) is 3.14. The van der Waals surface area contributed by atoms with E-state index in [9.17, 15) is 4.79 Å². The minimum Gasteiger partial charge on any atom is -0.486 e. The lowest BCUT2D eigenvalue weighted by molar-refractivity contribution is -0.113. The standard InChI is InChI=1S/C25H24N4O2S/c1-2-19-13-15-21(16-14-19)29-23(17-31-22-11-7-4-8-12-22)27-28-25(29)32-18-24(30)26-20-9-5-3-6-10-20/h3-16H,2,17-18H2,1H3,(H,26,30). The van der Waals surface area contributed by atoms with Crippen molar-refractivity contribution in [2.24, 2.45) is 0 Å². The van der Waals surface area contributed by atoms with Gasteiger partial charge in [0.1, 0.15) is 12.4 Å². The molecule has 4 aromatic rings. The molecule has 4 rings (SSSR count). The topological polar surface area (TPSA) is 69.0 Å². The summed E-state index contributed by atoms with van der Waals surface area (Å²) in [4.78, 5) is 12.4. The highest BCUT2D eigenvalue weighted by molar-refractivity contribution is 7.99. The zero-order chi connectivity index (χ0) is 22.2. The number of nitrogens with one attached hydrogen (secondary N) is 1. The molecule has 1 amide bonds. The summed E-state index contributed by atoms with van der Waals surface area (Å²) < 4.78 is 7.85. The van der Waals surface area contributed by atoms with Crippen LogP contribution in [0.15, 0.2) is 90.1 Å². The Labute approximate surface area is 191 Å². The number of benzene rings is 3. The smallest absolute Gasteiger partial charge is 0.234 e. The Bertz CT molecular complexity index is 1150. The van der Waals surface area contributed by atoms with Crippen LogP contribution in [0.1, 0.15) is 18.3 Å². The molecular formula is C25H24N4O2S. The second-order valence-electron chi connectivity index (χ2n) is 7.06. The highest BCUT2D eigenvalue weighted by Gasteiger charge is 2.17. The van der Waals surface area contributed by atoms with Crippen molar-refractivity contribution < 1.29 is 9.53 Å². The summed E-state index contributed by atoms with van der Waals surface area (Å²) in [6, 6.07) is 27.3. The quantitative estimate of drug-likeness (QED) is 0.362. The largest absolute Gasteiger partial charge is 0.486 e. The van der Waals surface area contributed by atoms with E-state index >= 15 is 0 Å². The van der Waals surface area contributed by atoms with Gasteiger partial charge in [-0.25, -0.2) is 0 Å². The van der Waals surface area contributed by atoms with Gasteiger partial charge in [-0.1, -0.05) is 67.2 Å². The Balaban J connectivity index is 1.52. The van der Waals surface area contributed by atoms with Gasteiger partial charge in [-0.3, -0.25) is 9.36 Å². The second-order valence-corrected chi connectivity index (χ2v) is 8.00. The van der Waals surface area contributed by atoms with Gasteiger partial charge in [0.15, 0.2) is 11.0 Å². The van der Waals surface area contributed by atoms with Crippen LogP contribution >= 0.6 is 11.8 Å². The minimum absolute atomic E-state index is 0.0980. The van der Waals surface area contributed by atoms with Crippen LogP contribution < -0.4 is 10.1 Å². The second kappa shape index (κ2) is 10.6. The van der Waals surface area contributed by atoms with Crippen molar-refractivity contribution in [3.8, 4) is 11.4 Å². The van der Waals surface area contributed by atoms with Crippen molar-refractivity contribution in [3.63, 3.8) is 0 Å². The van der Waals surface area contributed by atoms with E-state index < -0.39 is 0 Å². The van der Waals surface area contributed by atoms with Crippen molar-refractivity contribution in [3.05, 3.63) is 96.3 Å². The summed E-state index contributed by atoms with van der Waals surface area (Å²) in [5, 5.41) is 12.2. The SMILES string of the molecule is CCc1ccc(-n2c(COc3ccccc3)nnc2SCC(=O)Nc2ccccc2)cc1. The number of nitrogens with zero attached hydrogens (tertiary/aromatic N) is 3. The lowest BCUT2D eigenvalue weighted by atomic mass is 10.1. The number of rotatable bonds is 9. The number of aromatic nitrogens is 3. The zero-order valence-corrected chi connectivity index (χ0v) is 18.6. The lowest BCUT2D eigenvalue weighted by Gasteiger charge is -2.12. The lowest BCUT2D eigenvalue weighted by Crippen LogP contribution is -2.14. The van der Waals surface area contributed by atoms with Crippen LogP contribution in [0.25, 0.3) is 5.69 Å². The Hall–Kier alpha value is -3.58. The van der Waals surface area contributed by atoms with Gasteiger partial charge in [0.25, 0.3) is 0 Å². The molecule has 1 heterocycles. The molecule has 162 valence electrons. The van der Waals surface area contributed by atoms with Gasteiger partial charge >= 0.3 is 0 Å². The Morgan fingerprint density at radius 1 is 0.938 bits per heavy atom. The van der Waals surface area contributed by atoms with E-state index in [4.69, 9.17) is 4.74 Å². The third-order valence-electron chi connectivity index (χ3n) is 4.80. The summed E-state index contributed by atoms with van der Waals surface area (Å²) in [6.07, 6.45) is 0.966. The predicted octanol–water partition coefficient (Wildman–Crippen LogP) is 5.14. The number of para-hydroxylation sites is 2. The van der Waals surface area contributed by atoms with Gasteiger partial charge in [-0.05, 0) is 48.4 Å². The van der Waals surface area contributed by atoms with Crippen LogP contribution in [0.4, 0.5) is 5.69 Å². The number of thioether (sulfide) groups is 1. The average molecular weight is 445 g/mol. The van der Waals surface area contributed by atoms with Crippen LogP contribution in [0, 0.1) is 0 Å². The number of hydrogen-bond donors (Lipinski definition) is 1.